The van der Waals surface area contributed by atoms with Crippen molar-refractivity contribution in [3.05, 3.63) is 70.5 Å². The van der Waals surface area contributed by atoms with E-state index >= 15 is 0 Å². The number of ether oxygens (including phenoxy) is 1. The van der Waals surface area contributed by atoms with Gasteiger partial charge in [0.15, 0.2) is 0 Å². The minimum Gasteiger partial charge on any atom is -0.359 e. The van der Waals surface area contributed by atoms with Crippen LogP contribution in [0.4, 0.5) is 4.39 Å². The van der Waals surface area contributed by atoms with Crippen molar-refractivity contribution in [2.75, 3.05) is 0 Å². The highest BCUT2D eigenvalue weighted by Gasteiger charge is 2.42. The molecule has 0 radical (unpaired) electrons. The predicted molar refractivity (Wildman–Crippen MR) is 64.4 cm³/mol. The number of hydrogen-bond donors (Lipinski definition) is 0. The highest BCUT2D eigenvalue weighted by Crippen LogP contribution is 2.52. The first-order valence-corrected chi connectivity index (χ1v) is 5.79. The third-order valence-corrected chi connectivity index (χ3v) is 3.25. The number of hydrogen-bond acceptors (Lipinski definition) is 1. The molecule has 3 rings (SSSR count). The van der Waals surface area contributed by atoms with E-state index in [9.17, 15) is 4.39 Å². The normalized spacial score (nSPS) is 22.5. The summed E-state index contributed by atoms with van der Waals surface area (Å²) in [4.78, 5) is 0. The Bertz CT molecular complexity index is 538. The lowest BCUT2D eigenvalue weighted by Crippen LogP contribution is -1.86. The Hall–Kier alpha value is -1.38. The largest absolute Gasteiger partial charge is 0.359 e. The number of halogens is 2. The van der Waals surface area contributed by atoms with Crippen molar-refractivity contribution >= 4 is 11.6 Å². The topological polar surface area (TPSA) is 12.5 Å². The van der Waals surface area contributed by atoms with Crippen LogP contribution < -0.4 is 0 Å². The van der Waals surface area contributed by atoms with Gasteiger partial charge >= 0.3 is 0 Å². The van der Waals surface area contributed by atoms with Gasteiger partial charge < -0.3 is 4.74 Å². The molecule has 17 heavy (non-hydrogen) atoms. The summed E-state index contributed by atoms with van der Waals surface area (Å²) in [6, 6.07) is 14.0. The van der Waals surface area contributed by atoms with Gasteiger partial charge in [0.1, 0.15) is 18.0 Å². The Morgan fingerprint density at radius 1 is 0.941 bits per heavy atom. The molecular formula is C14H10ClFO. The average Bonchev–Trinajstić information content (AvgIpc) is 3.11. The van der Waals surface area contributed by atoms with Crippen LogP contribution in [-0.4, -0.2) is 0 Å². The van der Waals surface area contributed by atoms with Gasteiger partial charge in [-0.15, -0.1) is 0 Å². The molecule has 1 heterocycles. The second-order valence-electron chi connectivity index (χ2n) is 4.05. The average molecular weight is 249 g/mol. The van der Waals surface area contributed by atoms with Crippen molar-refractivity contribution in [1.82, 2.24) is 0 Å². The molecule has 1 fully saturated rings. The van der Waals surface area contributed by atoms with Gasteiger partial charge in [0.05, 0.1) is 0 Å². The lowest BCUT2D eigenvalue weighted by atomic mass is 10.0. The van der Waals surface area contributed by atoms with E-state index < -0.39 is 0 Å². The van der Waals surface area contributed by atoms with E-state index in [1.54, 1.807) is 12.1 Å². The van der Waals surface area contributed by atoms with Gasteiger partial charge in [-0.05, 0) is 23.8 Å². The zero-order valence-corrected chi connectivity index (χ0v) is 9.69. The summed E-state index contributed by atoms with van der Waals surface area (Å²) in [5.74, 6) is -0.233. The minimum atomic E-state index is -0.233. The molecule has 3 heteroatoms. The lowest BCUT2D eigenvalue weighted by molar-refractivity contribution is 0.377. The van der Waals surface area contributed by atoms with Crippen LogP contribution >= 0.6 is 11.6 Å². The molecule has 2 aromatic carbocycles. The molecule has 0 unspecified atom stereocenters. The van der Waals surface area contributed by atoms with Gasteiger partial charge in [0.25, 0.3) is 0 Å². The summed E-state index contributed by atoms with van der Waals surface area (Å²) < 4.78 is 18.4. The second kappa shape index (κ2) is 4.13. The van der Waals surface area contributed by atoms with Crippen LogP contribution in [-0.2, 0) is 4.74 Å². The third-order valence-electron chi connectivity index (χ3n) is 2.90. The van der Waals surface area contributed by atoms with Crippen molar-refractivity contribution in [3.63, 3.8) is 0 Å². The van der Waals surface area contributed by atoms with Crippen LogP contribution in [0, 0.1) is 5.82 Å². The Balaban J connectivity index is 1.83. The summed E-state index contributed by atoms with van der Waals surface area (Å²) in [6.07, 6.45) is -0.00957. The summed E-state index contributed by atoms with van der Waals surface area (Å²) in [6.45, 7) is 0. The molecule has 0 aliphatic carbocycles. The van der Waals surface area contributed by atoms with Gasteiger partial charge in [-0.2, -0.15) is 0 Å². The van der Waals surface area contributed by atoms with Crippen molar-refractivity contribution < 1.29 is 9.13 Å². The van der Waals surface area contributed by atoms with E-state index in [1.807, 2.05) is 24.3 Å². The van der Waals surface area contributed by atoms with Crippen molar-refractivity contribution in [3.8, 4) is 0 Å². The highest BCUT2D eigenvalue weighted by atomic mass is 35.5. The van der Waals surface area contributed by atoms with Crippen LogP contribution in [0.2, 0.25) is 5.02 Å². The number of rotatable bonds is 2. The Morgan fingerprint density at radius 3 is 2.35 bits per heavy atom. The van der Waals surface area contributed by atoms with Crippen molar-refractivity contribution in [2.24, 2.45) is 0 Å². The summed E-state index contributed by atoms with van der Waals surface area (Å²) in [5, 5.41) is 0.710. The third kappa shape index (κ3) is 2.06. The Kier molecular flexibility index (Phi) is 2.61. The molecule has 2 atom stereocenters. The second-order valence-corrected chi connectivity index (χ2v) is 4.46. The van der Waals surface area contributed by atoms with E-state index in [4.69, 9.17) is 16.3 Å². The molecule has 1 aliphatic rings. The maximum atomic E-state index is 12.8. The van der Waals surface area contributed by atoms with Crippen molar-refractivity contribution in [1.29, 1.82) is 0 Å². The maximum absolute atomic E-state index is 12.8. The molecular weight excluding hydrogens is 239 g/mol. The lowest BCUT2D eigenvalue weighted by Gasteiger charge is -1.99. The fraction of sp³-hybridized carbons (Fsp3) is 0.143. The fourth-order valence-corrected chi connectivity index (χ4v) is 2.20. The predicted octanol–water partition coefficient (Wildman–Crippen LogP) is 4.29. The van der Waals surface area contributed by atoms with Crippen LogP contribution in [0.3, 0.4) is 0 Å². The standard InChI is InChI=1S/C14H10ClFO/c15-12-4-2-1-3-11(12)14-13(17-14)9-5-7-10(16)8-6-9/h1-8,13-14H/t13-,14+/m0/s1. The molecule has 1 saturated heterocycles. The van der Waals surface area contributed by atoms with Gasteiger partial charge in [0, 0.05) is 10.6 Å². The Morgan fingerprint density at radius 2 is 1.65 bits per heavy atom. The molecule has 0 saturated carbocycles. The highest BCUT2D eigenvalue weighted by molar-refractivity contribution is 6.31. The van der Waals surface area contributed by atoms with Crippen LogP contribution in [0.15, 0.2) is 48.5 Å². The Labute approximate surface area is 104 Å². The van der Waals surface area contributed by atoms with Crippen LogP contribution in [0.5, 0.6) is 0 Å². The van der Waals surface area contributed by atoms with E-state index in [0.717, 1.165) is 11.1 Å². The van der Waals surface area contributed by atoms with E-state index in [1.165, 1.54) is 12.1 Å². The fourth-order valence-electron chi connectivity index (χ4n) is 1.96. The van der Waals surface area contributed by atoms with E-state index in [0.29, 0.717) is 5.02 Å². The quantitative estimate of drug-likeness (QED) is 0.722. The van der Waals surface area contributed by atoms with Gasteiger partial charge in [0.2, 0.25) is 0 Å². The molecule has 0 spiro atoms. The smallest absolute Gasteiger partial charge is 0.123 e. The number of epoxide rings is 1. The SMILES string of the molecule is Fc1ccc([C@@H]2O[C@@H]2c2ccccc2Cl)cc1. The van der Waals surface area contributed by atoms with Crippen molar-refractivity contribution in [2.45, 2.75) is 12.2 Å². The zero-order valence-electron chi connectivity index (χ0n) is 8.94. The first-order valence-electron chi connectivity index (χ1n) is 5.41. The molecule has 0 aromatic heterocycles. The monoisotopic (exact) mass is 248 g/mol. The zero-order chi connectivity index (χ0) is 11.8. The first-order chi connectivity index (χ1) is 8.25. The van der Waals surface area contributed by atoms with Gasteiger partial charge in [-0.1, -0.05) is 41.9 Å². The molecule has 1 aliphatic heterocycles. The molecule has 0 bridgehead atoms. The molecule has 0 N–H and O–H groups in total. The molecule has 2 aromatic rings. The maximum Gasteiger partial charge on any atom is 0.123 e. The van der Waals surface area contributed by atoms with E-state index in [-0.39, 0.29) is 18.0 Å². The summed E-state index contributed by atoms with van der Waals surface area (Å²) in [7, 11) is 0. The summed E-state index contributed by atoms with van der Waals surface area (Å²) in [5.41, 5.74) is 1.97. The van der Waals surface area contributed by atoms with E-state index in [2.05, 4.69) is 0 Å². The van der Waals surface area contributed by atoms with Crippen LogP contribution in [0.25, 0.3) is 0 Å². The van der Waals surface area contributed by atoms with Gasteiger partial charge in [-0.3, -0.25) is 0 Å². The summed E-state index contributed by atoms with van der Waals surface area (Å²) >= 11 is 6.10. The van der Waals surface area contributed by atoms with Crippen LogP contribution in [0.1, 0.15) is 23.3 Å². The molecule has 0 amide bonds. The number of benzene rings is 2. The first kappa shape index (κ1) is 10.8. The molecule has 1 nitrogen and oxygen atoms in total. The minimum absolute atomic E-state index is 0.00417. The molecule has 86 valence electrons. The van der Waals surface area contributed by atoms with Gasteiger partial charge in [-0.25, -0.2) is 4.39 Å².